The largest absolute Gasteiger partial charge is 0.457 e. The van der Waals surface area contributed by atoms with E-state index in [9.17, 15) is 18.8 Å². The summed E-state index contributed by atoms with van der Waals surface area (Å²) in [4.78, 5) is 43.4. The van der Waals surface area contributed by atoms with Crippen molar-refractivity contribution in [2.75, 3.05) is 6.54 Å². The molecule has 3 aromatic rings. The van der Waals surface area contributed by atoms with E-state index in [-0.39, 0.29) is 19.5 Å². The zero-order valence-corrected chi connectivity index (χ0v) is 22.8. The molecule has 40 heavy (non-hydrogen) atoms. The number of rotatable bonds is 7. The number of hydrogen-bond acceptors (Lipinski definition) is 8. The summed E-state index contributed by atoms with van der Waals surface area (Å²) in [5.41, 5.74) is 1.41. The molecule has 1 fully saturated rings. The summed E-state index contributed by atoms with van der Waals surface area (Å²) in [5.74, 6) is -0.408. The van der Waals surface area contributed by atoms with Crippen molar-refractivity contribution < 1.29 is 37.4 Å². The SMILES string of the molecule is CC(=O)O[C@H]1CN(C(=O)OC(C)(C)C)[C@H](Cc2ccc(-c3cnco3)cc2)[C@@H]1OC(=O)NCc1cccc(F)c1. The summed E-state index contributed by atoms with van der Waals surface area (Å²) in [5, 5.41) is 2.60. The minimum Gasteiger partial charge on any atom is -0.457 e. The van der Waals surface area contributed by atoms with Gasteiger partial charge < -0.3 is 23.9 Å². The molecule has 0 unspecified atom stereocenters. The second-order valence-corrected chi connectivity index (χ2v) is 10.5. The average molecular weight is 554 g/mol. The van der Waals surface area contributed by atoms with Crippen LogP contribution in [0.1, 0.15) is 38.8 Å². The van der Waals surface area contributed by atoms with Crippen molar-refractivity contribution in [2.45, 2.75) is 64.5 Å². The average Bonchev–Trinajstić information content (AvgIpc) is 3.52. The first-order valence-corrected chi connectivity index (χ1v) is 12.8. The van der Waals surface area contributed by atoms with Gasteiger partial charge in [0.1, 0.15) is 11.4 Å². The lowest BCUT2D eigenvalue weighted by Crippen LogP contribution is -2.46. The van der Waals surface area contributed by atoms with Crippen LogP contribution in [-0.2, 0) is 32.0 Å². The molecule has 212 valence electrons. The highest BCUT2D eigenvalue weighted by molar-refractivity contribution is 5.71. The molecular weight excluding hydrogens is 521 g/mol. The molecule has 0 radical (unpaired) electrons. The molecule has 4 rings (SSSR count). The Morgan fingerprint density at radius 3 is 2.48 bits per heavy atom. The molecule has 0 spiro atoms. The van der Waals surface area contributed by atoms with Gasteiger partial charge in [0, 0.05) is 19.0 Å². The number of oxazole rings is 1. The van der Waals surface area contributed by atoms with Crippen LogP contribution in [0.3, 0.4) is 0 Å². The number of carbonyl (C=O) groups is 3. The topological polar surface area (TPSA) is 120 Å². The Morgan fingerprint density at radius 2 is 1.85 bits per heavy atom. The molecule has 2 amide bonds. The molecular formula is C29H32FN3O7. The van der Waals surface area contributed by atoms with Gasteiger partial charge in [0.15, 0.2) is 24.4 Å². The van der Waals surface area contributed by atoms with Gasteiger partial charge in [-0.3, -0.25) is 9.69 Å². The number of aromatic nitrogens is 1. The van der Waals surface area contributed by atoms with E-state index in [1.54, 1.807) is 33.0 Å². The summed E-state index contributed by atoms with van der Waals surface area (Å²) in [7, 11) is 0. The van der Waals surface area contributed by atoms with Crippen LogP contribution >= 0.6 is 0 Å². The molecule has 3 atom stereocenters. The molecule has 10 nitrogen and oxygen atoms in total. The normalized spacial score (nSPS) is 18.7. The fourth-order valence-corrected chi connectivity index (χ4v) is 4.48. The van der Waals surface area contributed by atoms with Gasteiger partial charge in [0.2, 0.25) is 0 Å². The molecule has 1 aromatic heterocycles. The lowest BCUT2D eigenvalue weighted by Gasteiger charge is -2.30. The van der Waals surface area contributed by atoms with E-state index in [4.69, 9.17) is 18.6 Å². The number of esters is 1. The third kappa shape index (κ3) is 7.58. The molecule has 1 saturated heterocycles. The molecule has 1 aliphatic rings. The number of halogens is 1. The predicted molar refractivity (Wildman–Crippen MR) is 141 cm³/mol. The second kappa shape index (κ2) is 12.2. The van der Waals surface area contributed by atoms with Crippen LogP contribution in [0, 0.1) is 5.82 Å². The van der Waals surface area contributed by atoms with Crippen molar-refractivity contribution >= 4 is 18.2 Å². The molecule has 1 aliphatic heterocycles. The predicted octanol–water partition coefficient (Wildman–Crippen LogP) is 4.87. The third-order valence-corrected chi connectivity index (χ3v) is 6.15. The number of hydrogen-bond donors (Lipinski definition) is 1. The molecule has 2 heterocycles. The lowest BCUT2D eigenvalue weighted by molar-refractivity contribution is -0.150. The maximum absolute atomic E-state index is 13.5. The van der Waals surface area contributed by atoms with Gasteiger partial charge in [-0.2, -0.15) is 0 Å². The number of nitrogens with one attached hydrogen (secondary N) is 1. The first-order valence-electron chi connectivity index (χ1n) is 12.8. The second-order valence-electron chi connectivity index (χ2n) is 10.5. The number of ether oxygens (including phenoxy) is 3. The van der Waals surface area contributed by atoms with Crippen LogP contribution in [0.5, 0.6) is 0 Å². The molecule has 0 bridgehead atoms. The van der Waals surface area contributed by atoms with Crippen LogP contribution in [0.25, 0.3) is 11.3 Å². The maximum atomic E-state index is 13.5. The number of benzene rings is 2. The number of amides is 2. The van der Waals surface area contributed by atoms with Crippen molar-refractivity contribution in [1.29, 1.82) is 0 Å². The van der Waals surface area contributed by atoms with Crippen LogP contribution in [0.4, 0.5) is 14.0 Å². The maximum Gasteiger partial charge on any atom is 0.410 e. The van der Waals surface area contributed by atoms with Gasteiger partial charge in [-0.25, -0.2) is 19.0 Å². The summed E-state index contributed by atoms with van der Waals surface area (Å²) in [6.07, 6.45) is -0.137. The number of nitrogens with zero attached hydrogens (tertiary/aromatic N) is 2. The van der Waals surface area contributed by atoms with E-state index in [1.807, 2.05) is 24.3 Å². The molecule has 1 N–H and O–H groups in total. The fraction of sp³-hybridized carbons (Fsp3) is 0.379. The first-order chi connectivity index (χ1) is 19.0. The molecule has 0 saturated carbocycles. The summed E-state index contributed by atoms with van der Waals surface area (Å²) >= 11 is 0. The van der Waals surface area contributed by atoms with Crippen LogP contribution in [0.15, 0.2) is 65.5 Å². The lowest BCUT2D eigenvalue weighted by atomic mass is 9.99. The third-order valence-electron chi connectivity index (χ3n) is 6.15. The summed E-state index contributed by atoms with van der Waals surface area (Å²) in [6.45, 7) is 6.47. The Hall–Kier alpha value is -4.41. The molecule has 11 heteroatoms. The van der Waals surface area contributed by atoms with Gasteiger partial charge in [0.05, 0.1) is 18.8 Å². The first kappa shape index (κ1) is 28.6. The standard InChI is InChI=1S/C29H32FN3O7/c1-18(34)38-25-16-33(28(36)40-29(2,3)4)23(13-19-8-10-21(11-9-19)24-15-31-17-37-24)26(25)39-27(35)32-14-20-6-5-7-22(30)12-20/h5-12,15,17,23,25-26H,13-14,16H2,1-4H3,(H,32,35)/t23-,25+,26+/m1/s1. The minimum atomic E-state index is -1.00. The molecule has 0 aliphatic carbocycles. The number of likely N-dealkylation sites (tertiary alicyclic amines) is 1. The zero-order chi connectivity index (χ0) is 28.9. The van der Waals surface area contributed by atoms with Crippen molar-refractivity contribution in [3.8, 4) is 11.3 Å². The Kier molecular flexibility index (Phi) is 8.71. The minimum absolute atomic E-state index is 0.0189. The van der Waals surface area contributed by atoms with Crippen molar-refractivity contribution in [3.63, 3.8) is 0 Å². The van der Waals surface area contributed by atoms with Gasteiger partial charge in [-0.1, -0.05) is 36.4 Å². The van der Waals surface area contributed by atoms with E-state index in [0.717, 1.165) is 11.1 Å². The zero-order valence-electron chi connectivity index (χ0n) is 22.8. The number of carbonyl (C=O) groups excluding carboxylic acids is 3. The van der Waals surface area contributed by atoms with E-state index in [2.05, 4.69) is 10.3 Å². The van der Waals surface area contributed by atoms with Crippen LogP contribution in [-0.4, -0.2) is 58.4 Å². The van der Waals surface area contributed by atoms with Gasteiger partial charge >= 0.3 is 18.2 Å². The fourth-order valence-electron chi connectivity index (χ4n) is 4.48. The Labute approximate surface area is 231 Å². The van der Waals surface area contributed by atoms with Crippen molar-refractivity contribution in [2.24, 2.45) is 0 Å². The highest BCUT2D eigenvalue weighted by atomic mass is 19.1. The van der Waals surface area contributed by atoms with Gasteiger partial charge in [0.25, 0.3) is 0 Å². The van der Waals surface area contributed by atoms with E-state index in [1.165, 1.54) is 36.4 Å². The number of alkyl carbamates (subject to hydrolysis) is 1. The van der Waals surface area contributed by atoms with E-state index < -0.39 is 47.8 Å². The molecule has 2 aromatic carbocycles. The quantitative estimate of drug-likeness (QED) is 0.325. The van der Waals surface area contributed by atoms with Crippen molar-refractivity contribution in [1.82, 2.24) is 15.2 Å². The summed E-state index contributed by atoms with van der Waals surface area (Å²) in [6, 6.07) is 12.5. The Balaban J connectivity index is 1.57. The van der Waals surface area contributed by atoms with Gasteiger partial charge in [-0.15, -0.1) is 0 Å². The van der Waals surface area contributed by atoms with Crippen LogP contribution in [0.2, 0.25) is 0 Å². The van der Waals surface area contributed by atoms with Crippen molar-refractivity contribution in [3.05, 3.63) is 78.1 Å². The summed E-state index contributed by atoms with van der Waals surface area (Å²) < 4.78 is 35.8. The Bertz CT molecular complexity index is 1320. The smallest absolute Gasteiger partial charge is 0.410 e. The monoisotopic (exact) mass is 553 g/mol. The Morgan fingerprint density at radius 1 is 1.10 bits per heavy atom. The van der Waals surface area contributed by atoms with E-state index in [0.29, 0.717) is 11.3 Å². The highest BCUT2D eigenvalue weighted by Crippen LogP contribution is 2.30. The van der Waals surface area contributed by atoms with Crippen LogP contribution < -0.4 is 5.32 Å². The van der Waals surface area contributed by atoms with E-state index >= 15 is 0 Å². The highest BCUT2D eigenvalue weighted by Gasteiger charge is 2.49. The van der Waals surface area contributed by atoms with Gasteiger partial charge in [-0.05, 0) is 50.5 Å².